The minimum absolute atomic E-state index is 0.123. The molecule has 0 atom stereocenters. The highest BCUT2D eigenvalue weighted by Gasteiger charge is 2.19. The lowest BCUT2D eigenvalue weighted by molar-refractivity contribution is 0.102. The van der Waals surface area contributed by atoms with Crippen molar-refractivity contribution in [2.45, 2.75) is 26.4 Å². The molecule has 0 bridgehead atoms. The Kier molecular flexibility index (Phi) is 5.24. The summed E-state index contributed by atoms with van der Waals surface area (Å²) in [5.41, 5.74) is 3.67. The maximum absolute atomic E-state index is 13.5. The Morgan fingerprint density at radius 1 is 1.16 bits per heavy atom. The van der Waals surface area contributed by atoms with Crippen molar-refractivity contribution in [1.29, 1.82) is 0 Å². The van der Waals surface area contributed by atoms with Gasteiger partial charge < -0.3 is 5.32 Å². The zero-order chi connectivity index (χ0) is 22.1. The number of hydrogen-bond acceptors (Lipinski definition) is 6. The lowest BCUT2D eigenvalue weighted by Gasteiger charge is -2.13. The Hall–Kier alpha value is -3.85. The van der Waals surface area contributed by atoms with E-state index >= 15 is 0 Å². The van der Waals surface area contributed by atoms with Gasteiger partial charge in [0.15, 0.2) is 5.65 Å². The summed E-state index contributed by atoms with van der Waals surface area (Å²) in [7, 11) is 0. The van der Waals surface area contributed by atoms with Gasteiger partial charge in [0, 0.05) is 11.7 Å². The number of amides is 1. The summed E-state index contributed by atoms with van der Waals surface area (Å²) >= 11 is 1.59. The van der Waals surface area contributed by atoms with E-state index < -0.39 is 0 Å². The van der Waals surface area contributed by atoms with Crippen molar-refractivity contribution in [1.82, 2.24) is 29.5 Å². The average molecular weight is 444 g/mol. The van der Waals surface area contributed by atoms with Gasteiger partial charge >= 0.3 is 0 Å². The van der Waals surface area contributed by atoms with Crippen LogP contribution in [-0.4, -0.2) is 35.4 Å². The molecule has 1 aromatic carbocycles. The Morgan fingerprint density at radius 2 is 2.03 bits per heavy atom. The van der Waals surface area contributed by atoms with E-state index in [0.717, 1.165) is 27.2 Å². The molecule has 5 aromatic rings. The average Bonchev–Trinajstić information content (AvgIpc) is 3.55. The molecule has 0 fully saturated rings. The molecular weight excluding hydrogens is 422 g/mol. The molecule has 0 radical (unpaired) electrons. The van der Waals surface area contributed by atoms with Crippen LogP contribution in [0.1, 0.15) is 35.8 Å². The Morgan fingerprint density at radius 3 is 2.78 bits per heavy atom. The number of anilines is 1. The van der Waals surface area contributed by atoms with Gasteiger partial charge in [0.2, 0.25) is 0 Å². The van der Waals surface area contributed by atoms with Crippen molar-refractivity contribution in [3.05, 3.63) is 77.8 Å². The molecule has 4 heterocycles. The van der Waals surface area contributed by atoms with Crippen LogP contribution >= 0.6 is 11.3 Å². The first-order valence-corrected chi connectivity index (χ1v) is 11.1. The van der Waals surface area contributed by atoms with E-state index in [1.54, 1.807) is 28.5 Å². The summed E-state index contributed by atoms with van der Waals surface area (Å²) in [5, 5.41) is 14.5. The molecule has 0 aliphatic carbocycles. The number of rotatable bonds is 6. The summed E-state index contributed by atoms with van der Waals surface area (Å²) in [6.07, 6.45) is 4.86. The van der Waals surface area contributed by atoms with Gasteiger partial charge in [-0.3, -0.25) is 4.79 Å². The van der Waals surface area contributed by atoms with Crippen LogP contribution in [0.4, 0.5) is 5.69 Å². The summed E-state index contributed by atoms with van der Waals surface area (Å²) in [6, 6.07) is 13.6. The SMILES string of the molecule is CC(C)n1ncc2c(C(=O)Nc3ccccc3Cn3cncn3)cc(-c3cccs3)nc21. The first-order chi connectivity index (χ1) is 15.6. The van der Waals surface area contributed by atoms with Crippen LogP contribution in [0, 0.1) is 0 Å². The summed E-state index contributed by atoms with van der Waals surface area (Å²) in [6.45, 7) is 4.60. The van der Waals surface area contributed by atoms with E-state index in [2.05, 4.69) is 20.5 Å². The van der Waals surface area contributed by atoms with Gasteiger partial charge in [0.1, 0.15) is 12.7 Å². The van der Waals surface area contributed by atoms with Crippen molar-refractivity contribution >= 4 is 34.0 Å². The van der Waals surface area contributed by atoms with Crippen LogP contribution in [0.3, 0.4) is 0 Å². The fraction of sp³-hybridized carbons (Fsp3) is 0.174. The van der Waals surface area contributed by atoms with E-state index in [1.165, 1.54) is 6.33 Å². The maximum Gasteiger partial charge on any atom is 0.256 e. The maximum atomic E-state index is 13.5. The predicted molar refractivity (Wildman–Crippen MR) is 125 cm³/mol. The number of thiophene rings is 1. The monoisotopic (exact) mass is 443 g/mol. The third-order valence-electron chi connectivity index (χ3n) is 5.14. The molecule has 0 aliphatic heterocycles. The second-order valence-electron chi connectivity index (χ2n) is 7.66. The van der Waals surface area contributed by atoms with E-state index in [0.29, 0.717) is 17.8 Å². The molecule has 160 valence electrons. The first-order valence-electron chi connectivity index (χ1n) is 10.2. The van der Waals surface area contributed by atoms with E-state index in [9.17, 15) is 4.79 Å². The number of pyridine rings is 1. The van der Waals surface area contributed by atoms with Crippen molar-refractivity contribution < 1.29 is 4.79 Å². The molecule has 0 aliphatic rings. The Balaban J connectivity index is 1.56. The second kappa shape index (κ2) is 8.35. The third kappa shape index (κ3) is 3.78. The predicted octanol–water partition coefficient (Wildman–Crippen LogP) is 4.63. The number of hydrogen-bond donors (Lipinski definition) is 1. The summed E-state index contributed by atoms with van der Waals surface area (Å²) < 4.78 is 3.57. The van der Waals surface area contributed by atoms with Crippen molar-refractivity contribution in [2.75, 3.05) is 5.32 Å². The number of nitrogens with one attached hydrogen (secondary N) is 1. The third-order valence-corrected chi connectivity index (χ3v) is 6.03. The minimum atomic E-state index is -0.204. The van der Waals surface area contributed by atoms with Crippen LogP contribution in [0.2, 0.25) is 0 Å². The molecule has 0 saturated carbocycles. The molecule has 0 spiro atoms. The van der Waals surface area contributed by atoms with Gasteiger partial charge in [-0.25, -0.2) is 19.3 Å². The van der Waals surface area contributed by atoms with Crippen molar-refractivity contribution in [3.8, 4) is 10.6 Å². The number of fused-ring (bicyclic) bond motifs is 1. The number of benzene rings is 1. The van der Waals surface area contributed by atoms with Crippen LogP contribution in [0.15, 0.2) is 66.7 Å². The lowest BCUT2D eigenvalue weighted by atomic mass is 10.1. The molecule has 1 N–H and O–H groups in total. The van der Waals surface area contributed by atoms with Crippen molar-refractivity contribution in [3.63, 3.8) is 0 Å². The second-order valence-corrected chi connectivity index (χ2v) is 8.60. The minimum Gasteiger partial charge on any atom is -0.322 e. The van der Waals surface area contributed by atoms with E-state index in [4.69, 9.17) is 4.98 Å². The van der Waals surface area contributed by atoms with E-state index in [1.807, 2.05) is 66.4 Å². The number of nitrogens with zero attached hydrogens (tertiary/aromatic N) is 6. The highest BCUT2D eigenvalue weighted by molar-refractivity contribution is 7.13. The zero-order valence-electron chi connectivity index (χ0n) is 17.6. The standard InChI is InChI=1S/C23H21N7OS/c1-15(2)30-22-18(11-25-30)17(10-20(27-22)21-8-5-9-32-21)23(31)28-19-7-4-3-6-16(19)12-29-14-24-13-26-29/h3-11,13-15H,12H2,1-2H3,(H,28,31). The fourth-order valence-electron chi connectivity index (χ4n) is 3.59. The Bertz CT molecular complexity index is 1370. The van der Waals surface area contributed by atoms with Crippen molar-refractivity contribution in [2.24, 2.45) is 0 Å². The highest BCUT2D eigenvalue weighted by atomic mass is 32.1. The number of aromatic nitrogens is 6. The number of para-hydroxylation sites is 1. The Labute approximate surface area is 188 Å². The fourth-order valence-corrected chi connectivity index (χ4v) is 4.28. The van der Waals surface area contributed by atoms with Gasteiger partial charge in [-0.2, -0.15) is 10.2 Å². The highest BCUT2D eigenvalue weighted by Crippen LogP contribution is 2.29. The smallest absolute Gasteiger partial charge is 0.256 e. The van der Waals surface area contributed by atoms with E-state index in [-0.39, 0.29) is 11.9 Å². The molecule has 9 heteroatoms. The lowest BCUT2D eigenvalue weighted by Crippen LogP contribution is -2.15. The number of carbonyl (C=O) groups excluding carboxylic acids is 1. The van der Waals surface area contributed by atoms with Crippen LogP contribution in [-0.2, 0) is 6.54 Å². The topological polar surface area (TPSA) is 90.5 Å². The quantitative estimate of drug-likeness (QED) is 0.413. The zero-order valence-corrected chi connectivity index (χ0v) is 18.5. The molecule has 32 heavy (non-hydrogen) atoms. The molecule has 1 amide bonds. The molecule has 8 nitrogen and oxygen atoms in total. The van der Waals surface area contributed by atoms with Gasteiger partial charge in [-0.05, 0) is 43.0 Å². The van der Waals surface area contributed by atoms with Crippen LogP contribution < -0.4 is 5.32 Å². The summed E-state index contributed by atoms with van der Waals surface area (Å²) in [4.78, 5) is 23.3. The van der Waals surface area contributed by atoms with Gasteiger partial charge in [-0.1, -0.05) is 24.3 Å². The molecule has 5 rings (SSSR count). The van der Waals surface area contributed by atoms with Crippen LogP contribution in [0.25, 0.3) is 21.6 Å². The van der Waals surface area contributed by atoms with Gasteiger partial charge in [0.05, 0.1) is 34.3 Å². The molecule has 0 saturated heterocycles. The largest absolute Gasteiger partial charge is 0.322 e. The molecule has 4 aromatic heterocycles. The van der Waals surface area contributed by atoms with Gasteiger partial charge in [0.25, 0.3) is 5.91 Å². The number of carbonyl (C=O) groups is 1. The normalized spacial score (nSPS) is 11.3. The molecular formula is C23H21N7OS. The van der Waals surface area contributed by atoms with Gasteiger partial charge in [-0.15, -0.1) is 11.3 Å². The summed E-state index contributed by atoms with van der Waals surface area (Å²) in [5.74, 6) is -0.204. The molecule has 0 unspecified atom stereocenters. The first kappa shape index (κ1) is 20.1. The van der Waals surface area contributed by atoms with Crippen LogP contribution in [0.5, 0.6) is 0 Å².